The molecule has 1 aliphatic heterocycles. The van der Waals surface area contributed by atoms with Crippen LogP contribution in [-0.4, -0.2) is 23.5 Å². The molecule has 0 fully saturated rings. The number of hydrogen-bond acceptors (Lipinski definition) is 4. The van der Waals surface area contributed by atoms with E-state index < -0.39 is 11.8 Å². The molecule has 0 radical (unpaired) electrons. The normalized spacial score (nSPS) is 12.7. The van der Waals surface area contributed by atoms with Crippen molar-refractivity contribution in [2.24, 2.45) is 0 Å². The molecule has 2 N–H and O–H groups in total. The van der Waals surface area contributed by atoms with E-state index in [0.29, 0.717) is 17.0 Å². The Morgan fingerprint density at radius 2 is 1.75 bits per heavy atom. The highest BCUT2D eigenvalue weighted by molar-refractivity contribution is 7.99. The molecule has 0 atom stereocenters. The number of anilines is 1. The second-order valence-electron chi connectivity index (χ2n) is 5.14. The molecule has 0 unspecified atom stereocenters. The van der Waals surface area contributed by atoms with Gasteiger partial charge in [0, 0.05) is 22.8 Å². The standard InChI is InChI=1S/C17H13FN2O3S/c18-10-1-4-12(5-2-10)24-8-7-15(21)19-11-3-6-13-14(9-11)17(23)20-16(13)22/h1-6,9H,7-8H2,(H,19,21)(H,20,22,23). The first-order chi connectivity index (χ1) is 11.5. The Balaban J connectivity index is 1.54. The van der Waals surface area contributed by atoms with Crippen molar-refractivity contribution >= 4 is 35.2 Å². The smallest absolute Gasteiger partial charge is 0.259 e. The van der Waals surface area contributed by atoms with E-state index in [2.05, 4.69) is 10.6 Å². The van der Waals surface area contributed by atoms with Crippen molar-refractivity contribution in [1.29, 1.82) is 0 Å². The fourth-order valence-electron chi connectivity index (χ4n) is 2.26. The molecule has 2 aromatic rings. The molecule has 0 aliphatic carbocycles. The average molecular weight is 344 g/mol. The Kier molecular flexibility index (Phi) is 4.61. The summed E-state index contributed by atoms with van der Waals surface area (Å²) in [4.78, 5) is 35.9. The van der Waals surface area contributed by atoms with Crippen molar-refractivity contribution < 1.29 is 18.8 Å². The Morgan fingerprint density at radius 1 is 1.04 bits per heavy atom. The molecule has 7 heteroatoms. The number of carbonyl (C=O) groups excluding carboxylic acids is 3. The highest BCUT2D eigenvalue weighted by Crippen LogP contribution is 2.21. The summed E-state index contributed by atoms with van der Waals surface area (Å²) in [6.45, 7) is 0. The average Bonchev–Trinajstić information content (AvgIpc) is 2.83. The summed E-state index contributed by atoms with van der Waals surface area (Å²) >= 11 is 1.45. The Morgan fingerprint density at radius 3 is 2.50 bits per heavy atom. The largest absolute Gasteiger partial charge is 0.326 e. The zero-order valence-electron chi connectivity index (χ0n) is 12.5. The van der Waals surface area contributed by atoms with Gasteiger partial charge in [-0.25, -0.2) is 4.39 Å². The van der Waals surface area contributed by atoms with Gasteiger partial charge in [-0.15, -0.1) is 11.8 Å². The molecule has 0 saturated carbocycles. The van der Waals surface area contributed by atoms with E-state index in [1.165, 1.54) is 36.0 Å². The molecule has 0 aromatic heterocycles. The molecular formula is C17H13FN2O3S. The van der Waals surface area contributed by atoms with Crippen LogP contribution in [0, 0.1) is 5.82 Å². The van der Waals surface area contributed by atoms with Gasteiger partial charge < -0.3 is 5.32 Å². The first-order valence-electron chi connectivity index (χ1n) is 7.21. The van der Waals surface area contributed by atoms with Crippen molar-refractivity contribution in [1.82, 2.24) is 5.32 Å². The van der Waals surface area contributed by atoms with E-state index in [-0.39, 0.29) is 23.7 Å². The number of benzene rings is 2. The lowest BCUT2D eigenvalue weighted by Crippen LogP contribution is -2.19. The van der Waals surface area contributed by atoms with Crippen LogP contribution in [0.15, 0.2) is 47.4 Å². The quantitative estimate of drug-likeness (QED) is 0.646. The fourth-order valence-corrected chi connectivity index (χ4v) is 3.11. The molecule has 24 heavy (non-hydrogen) atoms. The lowest BCUT2D eigenvalue weighted by molar-refractivity contribution is -0.115. The highest BCUT2D eigenvalue weighted by Gasteiger charge is 2.26. The second-order valence-corrected chi connectivity index (χ2v) is 6.31. The number of rotatable bonds is 5. The SMILES string of the molecule is O=C(CCSc1ccc(F)cc1)Nc1ccc2c(c1)C(=O)NC2=O. The number of fused-ring (bicyclic) bond motifs is 1. The van der Waals surface area contributed by atoms with Crippen LogP contribution in [0.5, 0.6) is 0 Å². The molecule has 122 valence electrons. The molecular weight excluding hydrogens is 331 g/mol. The monoisotopic (exact) mass is 344 g/mol. The van der Waals surface area contributed by atoms with Crippen LogP contribution in [0.3, 0.4) is 0 Å². The molecule has 0 spiro atoms. The van der Waals surface area contributed by atoms with Crippen molar-refractivity contribution in [3.63, 3.8) is 0 Å². The predicted molar refractivity (Wildman–Crippen MR) is 88.6 cm³/mol. The van der Waals surface area contributed by atoms with Gasteiger partial charge in [0.05, 0.1) is 11.1 Å². The van der Waals surface area contributed by atoms with E-state index in [9.17, 15) is 18.8 Å². The lowest BCUT2D eigenvalue weighted by Gasteiger charge is -2.06. The highest BCUT2D eigenvalue weighted by atomic mass is 32.2. The van der Waals surface area contributed by atoms with Crippen molar-refractivity contribution in [2.45, 2.75) is 11.3 Å². The van der Waals surface area contributed by atoms with Crippen LogP contribution >= 0.6 is 11.8 Å². The zero-order valence-corrected chi connectivity index (χ0v) is 13.3. The number of imide groups is 1. The van der Waals surface area contributed by atoms with Gasteiger partial charge in [0.1, 0.15) is 5.82 Å². The fraction of sp³-hybridized carbons (Fsp3) is 0.118. The second kappa shape index (κ2) is 6.84. The molecule has 2 aromatic carbocycles. The molecule has 3 rings (SSSR count). The van der Waals surface area contributed by atoms with Crippen LogP contribution in [0.2, 0.25) is 0 Å². The summed E-state index contributed by atoms with van der Waals surface area (Å²) in [5, 5.41) is 4.90. The minimum atomic E-state index is -0.460. The van der Waals surface area contributed by atoms with Gasteiger partial charge in [-0.2, -0.15) is 0 Å². The number of nitrogens with one attached hydrogen (secondary N) is 2. The van der Waals surface area contributed by atoms with Gasteiger partial charge >= 0.3 is 0 Å². The van der Waals surface area contributed by atoms with Gasteiger partial charge in [-0.05, 0) is 42.5 Å². The van der Waals surface area contributed by atoms with Gasteiger partial charge in [0.25, 0.3) is 11.8 Å². The summed E-state index contributed by atoms with van der Waals surface area (Å²) in [6.07, 6.45) is 0.268. The number of amides is 3. The number of thioether (sulfide) groups is 1. The maximum absolute atomic E-state index is 12.8. The molecule has 1 aliphatic rings. The topological polar surface area (TPSA) is 75.3 Å². The Bertz CT molecular complexity index is 821. The molecule has 3 amide bonds. The van der Waals surface area contributed by atoms with E-state index >= 15 is 0 Å². The van der Waals surface area contributed by atoms with Crippen molar-refractivity contribution in [3.05, 3.63) is 59.4 Å². The minimum Gasteiger partial charge on any atom is -0.326 e. The molecule has 1 heterocycles. The van der Waals surface area contributed by atoms with E-state index in [4.69, 9.17) is 0 Å². The number of carbonyl (C=O) groups is 3. The minimum absolute atomic E-state index is 0.200. The third kappa shape index (κ3) is 3.62. The molecule has 0 bridgehead atoms. The summed E-state index contributed by atoms with van der Waals surface area (Å²) < 4.78 is 12.8. The van der Waals surface area contributed by atoms with Crippen molar-refractivity contribution in [2.75, 3.05) is 11.1 Å². The predicted octanol–water partition coefficient (Wildman–Crippen LogP) is 2.83. The van der Waals surface area contributed by atoms with Crippen LogP contribution in [0.25, 0.3) is 0 Å². The zero-order chi connectivity index (χ0) is 17.1. The summed E-state index contributed by atoms with van der Waals surface area (Å²) in [5.74, 6) is -0.839. The van der Waals surface area contributed by atoms with Gasteiger partial charge in [-0.3, -0.25) is 19.7 Å². The maximum atomic E-state index is 12.8. The molecule has 5 nitrogen and oxygen atoms in total. The Labute approximate surface area is 141 Å². The van der Waals surface area contributed by atoms with E-state index in [1.807, 2.05) is 0 Å². The number of halogens is 1. The van der Waals surface area contributed by atoms with E-state index in [1.54, 1.807) is 18.2 Å². The maximum Gasteiger partial charge on any atom is 0.259 e. The van der Waals surface area contributed by atoms with E-state index in [0.717, 1.165) is 4.90 Å². The third-order valence-electron chi connectivity index (χ3n) is 3.43. The van der Waals surface area contributed by atoms with Gasteiger partial charge in [0.2, 0.25) is 5.91 Å². The first-order valence-corrected chi connectivity index (χ1v) is 8.19. The van der Waals surface area contributed by atoms with Crippen LogP contribution in [0.4, 0.5) is 10.1 Å². The first kappa shape index (κ1) is 16.2. The Hall–Kier alpha value is -2.67. The summed E-state index contributed by atoms with van der Waals surface area (Å²) in [6, 6.07) is 10.7. The molecule has 0 saturated heterocycles. The van der Waals surface area contributed by atoms with Crippen LogP contribution in [-0.2, 0) is 4.79 Å². The lowest BCUT2D eigenvalue weighted by atomic mass is 10.1. The van der Waals surface area contributed by atoms with Crippen LogP contribution in [0.1, 0.15) is 27.1 Å². The summed E-state index contributed by atoms with van der Waals surface area (Å²) in [5.41, 5.74) is 1.04. The van der Waals surface area contributed by atoms with Gasteiger partial charge in [-0.1, -0.05) is 0 Å². The van der Waals surface area contributed by atoms with Gasteiger partial charge in [0.15, 0.2) is 0 Å². The van der Waals surface area contributed by atoms with Crippen molar-refractivity contribution in [3.8, 4) is 0 Å². The summed E-state index contributed by atoms with van der Waals surface area (Å²) in [7, 11) is 0. The third-order valence-corrected chi connectivity index (χ3v) is 4.44. The van der Waals surface area contributed by atoms with Crippen LogP contribution < -0.4 is 10.6 Å². The number of hydrogen-bond donors (Lipinski definition) is 2.